The van der Waals surface area contributed by atoms with E-state index in [0.29, 0.717) is 23.4 Å². The van der Waals surface area contributed by atoms with Crippen molar-refractivity contribution in [2.75, 3.05) is 4.90 Å². The van der Waals surface area contributed by atoms with Gasteiger partial charge in [-0.2, -0.15) is 49.4 Å². The lowest BCUT2D eigenvalue weighted by Crippen LogP contribution is -2.26. The second-order valence-corrected chi connectivity index (χ2v) is 9.68. The Hall–Kier alpha value is -4.89. The van der Waals surface area contributed by atoms with Gasteiger partial charge in [-0.1, -0.05) is 29.4 Å². The summed E-state index contributed by atoms with van der Waals surface area (Å²) in [5.74, 6) is -0.313. The molecule has 230 valence electrons. The number of anilines is 1. The van der Waals surface area contributed by atoms with Gasteiger partial charge in [0.25, 0.3) is 5.95 Å². The van der Waals surface area contributed by atoms with Crippen molar-refractivity contribution in [1.29, 1.82) is 0 Å². The molecule has 3 aromatic carbocycles. The maximum Gasteiger partial charge on any atom is 0.416 e. The van der Waals surface area contributed by atoms with Gasteiger partial charge >= 0.3 is 18.5 Å². The fraction of sp³-hybridized carbons (Fsp3) is 0.214. The molecule has 5 rings (SSSR count). The van der Waals surface area contributed by atoms with Crippen LogP contribution >= 0.6 is 0 Å². The second kappa shape index (κ2) is 11.3. The molecule has 0 fully saturated rings. The van der Waals surface area contributed by atoms with Crippen molar-refractivity contribution in [1.82, 2.24) is 30.0 Å². The Kier molecular flexibility index (Phi) is 7.86. The van der Waals surface area contributed by atoms with Crippen LogP contribution in [0.1, 0.15) is 27.8 Å². The lowest BCUT2D eigenvalue weighted by atomic mass is 9.94. The monoisotopic (exact) mass is 625 g/mol. The van der Waals surface area contributed by atoms with Gasteiger partial charge in [0, 0.05) is 25.5 Å². The zero-order valence-electron chi connectivity index (χ0n) is 22.5. The summed E-state index contributed by atoms with van der Waals surface area (Å²) in [5.41, 5.74) is -3.99. The number of halogens is 9. The van der Waals surface area contributed by atoms with E-state index in [9.17, 15) is 39.5 Å². The molecule has 7 nitrogen and oxygen atoms in total. The molecule has 5 aromatic rings. The highest BCUT2D eigenvalue weighted by Gasteiger charge is 2.38. The number of alkyl halides is 9. The summed E-state index contributed by atoms with van der Waals surface area (Å²) < 4.78 is 126. The van der Waals surface area contributed by atoms with Crippen molar-refractivity contribution < 1.29 is 39.5 Å². The highest BCUT2D eigenvalue weighted by molar-refractivity contribution is 5.71. The van der Waals surface area contributed by atoms with Crippen LogP contribution in [0.25, 0.3) is 16.8 Å². The number of aromatic nitrogens is 6. The van der Waals surface area contributed by atoms with E-state index in [4.69, 9.17) is 0 Å². The summed E-state index contributed by atoms with van der Waals surface area (Å²) in [6.45, 7) is -1.36. The zero-order chi connectivity index (χ0) is 31.9. The van der Waals surface area contributed by atoms with Crippen LogP contribution in [0.5, 0.6) is 0 Å². The molecule has 0 saturated carbocycles. The van der Waals surface area contributed by atoms with Crippen molar-refractivity contribution in [2.24, 2.45) is 7.05 Å². The van der Waals surface area contributed by atoms with E-state index in [2.05, 4.69) is 20.5 Å². The number of benzene rings is 3. The van der Waals surface area contributed by atoms with Crippen LogP contribution in [0.4, 0.5) is 45.5 Å². The third kappa shape index (κ3) is 6.68. The summed E-state index contributed by atoms with van der Waals surface area (Å²) in [6.07, 6.45) is -12.0. The minimum absolute atomic E-state index is 0.0297. The van der Waals surface area contributed by atoms with E-state index < -0.39 is 53.9 Å². The standard InChI is InChI=1S/C28H20F9N7/c1-42-40-25(39-41-42)43(15-17-11-19(26(29,30)31)14-20(12-17)27(32,33)34)16-23-22(7-3-8-24(23)28(35,36)37)18-5-2-6-21(13-18)44-10-4-9-38-44/h2-14H,15-16H2,1H3. The van der Waals surface area contributed by atoms with Gasteiger partial charge in [0.2, 0.25) is 0 Å². The summed E-state index contributed by atoms with van der Waals surface area (Å²) in [6, 6.07) is 12.6. The van der Waals surface area contributed by atoms with E-state index in [-0.39, 0.29) is 23.1 Å². The zero-order valence-corrected chi connectivity index (χ0v) is 22.5. The Bertz CT molecular complexity index is 1720. The first-order valence-electron chi connectivity index (χ1n) is 12.7. The highest BCUT2D eigenvalue weighted by Crippen LogP contribution is 2.40. The Morgan fingerprint density at radius 1 is 0.750 bits per heavy atom. The lowest BCUT2D eigenvalue weighted by Gasteiger charge is -2.26. The van der Waals surface area contributed by atoms with Gasteiger partial charge in [-0.05, 0) is 69.9 Å². The number of hydrogen-bond acceptors (Lipinski definition) is 5. The van der Waals surface area contributed by atoms with Gasteiger partial charge in [0.1, 0.15) is 0 Å². The summed E-state index contributed by atoms with van der Waals surface area (Å²) in [7, 11) is 1.34. The predicted molar refractivity (Wildman–Crippen MR) is 139 cm³/mol. The van der Waals surface area contributed by atoms with Gasteiger partial charge in [-0.15, -0.1) is 5.10 Å². The Balaban J connectivity index is 1.65. The number of aryl methyl sites for hydroxylation is 1. The fourth-order valence-corrected chi connectivity index (χ4v) is 4.65. The van der Waals surface area contributed by atoms with E-state index in [0.717, 1.165) is 15.8 Å². The van der Waals surface area contributed by atoms with Gasteiger partial charge in [0.15, 0.2) is 0 Å². The van der Waals surface area contributed by atoms with Crippen molar-refractivity contribution in [2.45, 2.75) is 31.6 Å². The SMILES string of the molecule is Cn1nnc(N(Cc2cc(C(F)(F)F)cc(C(F)(F)F)c2)Cc2c(-c3cccc(-n4cccn4)c3)cccc2C(F)(F)F)n1. The smallest absolute Gasteiger partial charge is 0.330 e. The highest BCUT2D eigenvalue weighted by atomic mass is 19.4. The summed E-state index contributed by atoms with van der Waals surface area (Å²) in [5, 5.41) is 15.5. The van der Waals surface area contributed by atoms with Gasteiger partial charge in [0.05, 0.1) is 29.4 Å². The molecule has 0 aliphatic rings. The molecule has 2 aromatic heterocycles. The molecule has 0 N–H and O–H groups in total. The van der Waals surface area contributed by atoms with E-state index in [1.165, 1.54) is 30.1 Å². The van der Waals surface area contributed by atoms with Gasteiger partial charge in [-0.3, -0.25) is 0 Å². The second-order valence-electron chi connectivity index (χ2n) is 9.68. The minimum Gasteiger partial charge on any atom is -0.330 e. The maximum absolute atomic E-state index is 14.4. The average Bonchev–Trinajstić information content (AvgIpc) is 3.64. The van der Waals surface area contributed by atoms with Crippen molar-refractivity contribution in [3.05, 3.63) is 107 Å². The molecule has 16 heteroatoms. The maximum atomic E-state index is 14.4. The van der Waals surface area contributed by atoms with Crippen LogP contribution in [0.15, 0.2) is 79.1 Å². The summed E-state index contributed by atoms with van der Waals surface area (Å²) >= 11 is 0. The number of tetrazole rings is 1. The molecule has 0 radical (unpaired) electrons. The first-order chi connectivity index (χ1) is 20.6. The topological polar surface area (TPSA) is 64.7 Å². The molecule has 0 aliphatic heterocycles. The molecule has 0 unspecified atom stereocenters. The molecule has 2 heterocycles. The Labute approximate surface area is 243 Å². The van der Waals surface area contributed by atoms with Crippen molar-refractivity contribution in [3.8, 4) is 16.8 Å². The lowest BCUT2D eigenvalue weighted by molar-refractivity contribution is -0.143. The van der Waals surface area contributed by atoms with Crippen LogP contribution in [0.2, 0.25) is 0 Å². The quantitative estimate of drug-likeness (QED) is 0.177. The van der Waals surface area contributed by atoms with Crippen LogP contribution in [0, 0.1) is 0 Å². The van der Waals surface area contributed by atoms with Crippen molar-refractivity contribution in [3.63, 3.8) is 0 Å². The molecular weight excluding hydrogens is 605 g/mol. The van der Waals surface area contributed by atoms with Gasteiger partial charge in [-0.25, -0.2) is 4.68 Å². The Morgan fingerprint density at radius 3 is 2.00 bits per heavy atom. The molecule has 0 saturated heterocycles. The first kappa shape index (κ1) is 30.6. The number of hydrogen-bond donors (Lipinski definition) is 0. The van der Waals surface area contributed by atoms with Crippen LogP contribution in [-0.4, -0.2) is 30.0 Å². The molecule has 44 heavy (non-hydrogen) atoms. The third-order valence-electron chi connectivity index (χ3n) is 6.56. The van der Waals surface area contributed by atoms with Crippen LogP contribution in [0.3, 0.4) is 0 Å². The normalized spacial score (nSPS) is 12.5. The largest absolute Gasteiger partial charge is 0.416 e. The number of rotatable bonds is 7. The van der Waals surface area contributed by atoms with E-state index in [1.807, 2.05) is 0 Å². The molecular formula is C28H20F9N7. The Morgan fingerprint density at radius 2 is 1.43 bits per heavy atom. The van der Waals surface area contributed by atoms with Gasteiger partial charge < -0.3 is 4.90 Å². The average molecular weight is 625 g/mol. The molecule has 0 aliphatic carbocycles. The molecule has 0 bridgehead atoms. The first-order valence-corrected chi connectivity index (χ1v) is 12.7. The molecule has 0 spiro atoms. The van der Waals surface area contributed by atoms with Crippen molar-refractivity contribution >= 4 is 5.95 Å². The third-order valence-corrected chi connectivity index (χ3v) is 6.56. The van der Waals surface area contributed by atoms with E-state index >= 15 is 0 Å². The fourth-order valence-electron chi connectivity index (χ4n) is 4.65. The van der Waals surface area contributed by atoms with E-state index in [1.54, 1.807) is 36.5 Å². The predicted octanol–water partition coefficient (Wildman–Crippen LogP) is 7.33. The van der Waals surface area contributed by atoms with Crippen LogP contribution in [-0.2, 0) is 38.7 Å². The van der Waals surface area contributed by atoms with Crippen LogP contribution < -0.4 is 4.90 Å². The minimum atomic E-state index is -5.12. The molecule has 0 atom stereocenters. The number of nitrogens with zero attached hydrogens (tertiary/aromatic N) is 7. The summed E-state index contributed by atoms with van der Waals surface area (Å²) in [4.78, 5) is 1.99. The molecule has 0 amide bonds.